The molecule has 0 fully saturated rings. The first-order valence-electron chi connectivity index (χ1n) is 6.95. The molecule has 0 radical (unpaired) electrons. The third-order valence-electron chi connectivity index (χ3n) is 3.14. The standard InChI is InChI=1S/C18H19NO3/c1-21-16-10-8-14(12-17(16)22-2)9-11-18(20)19-13-15-6-4-3-5-7-15/h3-12H,13H2,1-2H3,(H,19,20)/b11-9+. The molecular formula is C18H19NO3. The van der Waals surface area contributed by atoms with Gasteiger partial charge in [-0.1, -0.05) is 36.4 Å². The maximum absolute atomic E-state index is 11.8. The molecule has 0 unspecified atom stereocenters. The molecule has 114 valence electrons. The van der Waals surface area contributed by atoms with Crippen LogP contribution < -0.4 is 14.8 Å². The predicted molar refractivity (Wildman–Crippen MR) is 86.9 cm³/mol. The lowest BCUT2D eigenvalue weighted by atomic mass is 10.2. The summed E-state index contributed by atoms with van der Waals surface area (Å²) in [5.74, 6) is 1.15. The number of ether oxygens (including phenoxy) is 2. The average molecular weight is 297 g/mol. The van der Waals surface area contributed by atoms with E-state index < -0.39 is 0 Å². The third kappa shape index (κ3) is 4.38. The smallest absolute Gasteiger partial charge is 0.244 e. The van der Waals surface area contributed by atoms with E-state index in [0.717, 1.165) is 11.1 Å². The van der Waals surface area contributed by atoms with E-state index in [-0.39, 0.29) is 5.91 Å². The molecule has 1 amide bonds. The number of methoxy groups -OCH3 is 2. The second-order valence-corrected chi connectivity index (χ2v) is 4.65. The number of carbonyl (C=O) groups is 1. The van der Waals surface area contributed by atoms with E-state index >= 15 is 0 Å². The second kappa shape index (κ2) is 7.88. The van der Waals surface area contributed by atoms with Crippen LogP contribution in [0.1, 0.15) is 11.1 Å². The lowest BCUT2D eigenvalue weighted by molar-refractivity contribution is -0.116. The van der Waals surface area contributed by atoms with Gasteiger partial charge in [0, 0.05) is 12.6 Å². The molecule has 0 saturated carbocycles. The molecule has 0 atom stereocenters. The van der Waals surface area contributed by atoms with Gasteiger partial charge in [0.05, 0.1) is 14.2 Å². The zero-order valence-corrected chi connectivity index (χ0v) is 12.7. The van der Waals surface area contributed by atoms with Crippen molar-refractivity contribution in [2.45, 2.75) is 6.54 Å². The molecule has 4 nitrogen and oxygen atoms in total. The van der Waals surface area contributed by atoms with Gasteiger partial charge in [0.15, 0.2) is 11.5 Å². The molecule has 0 spiro atoms. The van der Waals surface area contributed by atoms with E-state index in [2.05, 4.69) is 5.32 Å². The highest BCUT2D eigenvalue weighted by Crippen LogP contribution is 2.27. The van der Waals surface area contributed by atoms with E-state index in [0.29, 0.717) is 18.0 Å². The molecule has 0 heterocycles. The first kappa shape index (κ1) is 15.6. The van der Waals surface area contributed by atoms with Crippen LogP contribution in [0.4, 0.5) is 0 Å². The monoisotopic (exact) mass is 297 g/mol. The van der Waals surface area contributed by atoms with Crippen LogP contribution in [-0.2, 0) is 11.3 Å². The van der Waals surface area contributed by atoms with Crippen molar-refractivity contribution < 1.29 is 14.3 Å². The largest absolute Gasteiger partial charge is 0.493 e. The Bertz CT molecular complexity index is 651. The van der Waals surface area contributed by atoms with Crippen LogP contribution in [0, 0.1) is 0 Å². The predicted octanol–water partition coefficient (Wildman–Crippen LogP) is 3.03. The van der Waals surface area contributed by atoms with Crippen molar-refractivity contribution in [2.24, 2.45) is 0 Å². The highest BCUT2D eigenvalue weighted by Gasteiger charge is 2.03. The molecule has 1 N–H and O–H groups in total. The van der Waals surface area contributed by atoms with Crippen molar-refractivity contribution in [1.82, 2.24) is 5.32 Å². The summed E-state index contributed by atoms with van der Waals surface area (Å²) in [7, 11) is 3.17. The van der Waals surface area contributed by atoms with Gasteiger partial charge in [0.25, 0.3) is 0 Å². The minimum atomic E-state index is -0.140. The van der Waals surface area contributed by atoms with Gasteiger partial charge in [0.1, 0.15) is 0 Å². The number of benzene rings is 2. The van der Waals surface area contributed by atoms with Crippen LogP contribution in [0.15, 0.2) is 54.6 Å². The second-order valence-electron chi connectivity index (χ2n) is 4.65. The number of hydrogen-bond acceptors (Lipinski definition) is 3. The van der Waals surface area contributed by atoms with E-state index in [9.17, 15) is 4.79 Å². The molecule has 0 aliphatic rings. The Kier molecular flexibility index (Phi) is 5.60. The molecule has 2 aromatic carbocycles. The van der Waals surface area contributed by atoms with Crippen LogP contribution >= 0.6 is 0 Å². The van der Waals surface area contributed by atoms with Gasteiger partial charge in [-0.2, -0.15) is 0 Å². The summed E-state index contributed by atoms with van der Waals surface area (Å²) >= 11 is 0. The Hall–Kier alpha value is -2.75. The van der Waals surface area contributed by atoms with Gasteiger partial charge in [0.2, 0.25) is 5.91 Å². The molecule has 0 aliphatic heterocycles. The molecule has 0 aliphatic carbocycles. The molecule has 2 rings (SSSR count). The van der Waals surface area contributed by atoms with E-state index in [4.69, 9.17) is 9.47 Å². The number of amides is 1. The highest BCUT2D eigenvalue weighted by atomic mass is 16.5. The Morgan fingerprint density at radius 2 is 1.77 bits per heavy atom. The van der Waals surface area contributed by atoms with Crippen LogP contribution in [0.5, 0.6) is 11.5 Å². The van der Waals surface area contributed by atoms with Crippen LogP contribution in [0.2, 0.25) is 0 Å². The van der Waals surface area contributed by atoms with E-state index in [1.54, 1.807) is 26.4 Å². The normalized spacial score (nSPS) is 10.5. The molecular weight excluding hydrogens is 278 g/mol. The van der Waals surface area contributed by atoms with Crippen molar-refractivity contribution in [1.29, 1.82) is 0 Å². The van der Waals surface area contributed by atoms with E-state index in [1.165, 1.54) is 6.08 Å². The average Bonchev–Trinajstić information content (AvgIpc) is 2.58. The molecule has 4 heteroatoms. The summed E-state index contributed by atoms with van der Waals surface area (Å²) < 4.78 is 10.4. The van der Waals surface area contributed by atoms with Gasteiger partial charge < -0.3 is 14.8 Å². The number of nitrogens with one attached hydrogen (secondary N) is 1. The fourth-order valence-electron chi connectivity index (χ4n) is 1.97. The summed E-state index contributed by atoms with van der Waals surface area (Å²) in [5, 5.41) is 2.84. The summed E-state index contributed by atoms with van der Waals surface area (Å²) in [6, 6.07) is 15.3. The van der Waals surface area contributed by atoms with Gasteiger partial charge in [-0.15, -0.1) is 0 Å². The van der Waals surface area contributed by atoms with Crippen LogP contribution in [0.3, 0.4) is 0 Å². The Morgan fingerprint density at radius 1 is 1.05 bits per heavy atom. The SMILES string of the molecule is COc1ccc(/C=C/C(=O)NCc2ccccc2)cc1OC. The Labute approximate surface area is 130 Å². The number of carbonyl (C=O) groups excluding carboxylic acids is 1. The summed E-state index contributed by atoms with van der Waals surface area (Å²) in [4.78, 5) is 11.8. The van der Waals surface area contributed by atoms with Gasteiger partial charge in [-0.3, -0.25) is 4.79 Å². The van der Waals surface area contributed by atoms with Gasteiger partial charge in [-0.25, -0.2) is 0 Å². The quantitative estimate of drug-likeness (QED) is 0.834. The zero-order valence-electron chi connectivity index (χ0n) is 12.7. The Morgan fingerprint density at radius 3 is 2.45 bits per heavy atom. The number of rotatable bonds is 6. The maximum atomic E-state index is 11.8. The Balaban J connectivity index is 1.95. The minimum Gasteiger partial charge on any atom is -0.493 e. The summed E-state index contributed by atoms with van der Waals surface area (Å²) in [6.45, 7) is 0.510. The zero-order chi connectivity index (χ0) is 15.8. The third-order valence-corrected chi connectivity index (χ3v) is 3.14. The fourth-order valence-corrected chi connectivity index (χ4v) is 1.97. The lowest BCUT2D eigenvalue weighted by Gasteiger charge is -2.07. The van der Waals surface area contributed by atoms with Crippen molar-refractivity contribution in [3.63, 3.8) is 0 Å². The molecule has 0 saturated heterocycles. The minimum absolute atomic E-state index is 0.140. The first-order valence-corrected chi connectivity index (χ1v) is 6.95. The van der Waals surface area contributed by atoms with Gasteiger partial charge >= 0.3 is 0 Å². The maximum Gasteiger partial charge on any atom is 0.244 e. The van der Waals surface area contributed by atoms with Crippen molar-refractivity contribution in [3.05, 3.63) is 65.7 Å². The fraction of sp³-hybridized carbons (Fsp3) is 0.167. The van der Waals surface area contributed by atoms with Crippen LogP contribution in [0.25, 0.3) is 6.08 Å². The molecule has 2 aromatic rings. The van der Waals surface area contributed by atoms with Crippen molar-refractivity contribution in [2.75, 3.05) is 14.2 Å². The molecule has 22 heavy (non-hydrogen) atoms. The van der Waals surface area contributed by atoms with Crippen molar-refractivity contribution >= 4 is 12.0 Å². The van der Waals surface area contributed by atoms with Crippen molar-refractivity contribution in [3.8, 4) is 11.5 Å². The lowest BCUT2D eigenvalue weighted by Crippen LogP contribution is -2.20. The molecule has 0 bridgehead atoms. The summed E-state index contributed by atoms with van der Waals surface area (Å²) in [6.07, 6.45) is 3.24. The van der Waals surface area contributed by atoms with E-state index in [1.807, 2.05) is 42.5 Å². The topological polar surface area (TPSA) is 47.6 Å². The summed E-state index contributed by atoms with van der Waals surface area (Å²) in [5.41, 5.74) is 1.93. The molecule has 0 aromatic heterocycles. The first-order chi connectivity index (χ1) is 10.7. The number of hydrogen-bond donors (Lipinski definition) is 1. The van der Waals surface area contributed by atoms with Crippen LogP contribution in [-0.4, -0.2) is 20.1 Å². The highest BCUT2D eigenvalue weighted by molar-refractivity contribution is 5.91. The van der Waals surface area contributed by atoms with Gasteiger partial charge in [-0.05, 0) is 29.3 Å².